The molecule has 1 N–H and O–H groups in total. The highest BCUT2D eigenvalue weighted by Crippen LogP contribution is 2.21. The summed E-state index contributed by atoms with van der Waals surface area (Å²) in [4.78, 5) is 44.2. The van der Waals surface area contributed by atoms with E-state index in [-0.39, 0.29) is 23.7 Å². The van der Waals surface area contributed by atoms with Crippen LogP contribution in [0.3, 0.4) is 0 Å². The Kier molecular flexibility index (Phi) is 7.25. The molecule has 0 aliphatic carbocycles. The minimum absolute atomic E-state index is 0.0416. The number of hydrogen-bond acceptors (Lipinski definition) is 7. The summed E-state index contributed by atoms with van der Waals surface area (Å²) < 4.78 is 11.0. The minimum atomic E-state index is -0.984. The van der Waals surface area contributed by atoms with E-state index in [1.807, 2.05) is 31.2 Å². The zero-order chi connectivity index (χ0) is 23.4. The fourth-order valence-electron chi connectivity index (χ4n) is 3.44. The number of nitrogens with zero attached hydrogens (tertiary/aromatic N) is 1. The van der Waals surface area contributed by atoms with Gasteiger partial charge in [-0.15, -0.1) is 11.3 Å². The molecule has 0 aliphatic rings. The first-order valence-corrected chi connectivity index (χ1v) is 11.1. The van der Waals surface area contributed by atoms with E-state index >= 15 is 0 Å². The molecule has 0 radical (unpaired) electrons. The minimum Gasteiger partial charge on any atom is -0.486 e. The first-order chi connectivity index (χ1) is 15.2. The number of benzene rings is 1. The molecule has 1 unspecified atom stereocenters. The standard InChI is InChI=1S/C24H26N2O5S/c1-13-6-8-19(9-7-13)30-11-20-26-18(12-32-20)10-21(28)31-17(5)24(29)23-14(2)22(16(4)27)15(3)25-23/h6-9,12,17,25H,10-11H2,1-5H3. The number of aromatic amines is 1. The normalized spacial score (nSPS) is 11.8. The van der Waals surface area contributed by atoms with E-state index in [0.717, 1.165) is 16.3 Å². The van der Waals surface area contributed by atoms with E-state index in [1.165, 1.54) is 25.2 Å². The van der Waals surface area contributed by atoms with Gasteiger partial charge in [0.15, 0.2) is 11.9 Å². The molecule has 1 aromatic carbocycles. The van der Waals surface area contributed by atoms with Crippen LogP contribution < -0.4 is 4.74 Å². The van der Waals surface area contributed by atoms with Crippen molar-refractivity contribution >= 4 is 28.9 Å². The average molecular weight is 455 g/mol. The molecule has 0 amide bonds. The molecule has 168 valence electrons. The highest BCUT2D eigenvalue weighted by Gasteiger charge is 2.26. The SMILES string of the molecule is CC(=O)c1c(C)[nH]c(C(=O)C(C)OC(=O)Cc2csc(COc3ccc(C)cc3)n2)c1C. The maximum Gasteiger partial charge on any atom is 0.312 e. The van der Waals surface area contributed by atoms with Gasteiger partial charge in [-0.3, -0.25) is 14.4 Å². The predicted molar refractivity (Wildman–Crippen MR) is 121 cm³/mol. The highest BCUT2D eigenvalue weighted by molar-refractivity contribution is 7.09. The van der Waals surface area contributed by atoms with E-state index in [1.54, 1.807) is 19.2 Å². The van der Waals surface area contributed by atoms with Crippen LogP contribution in [0.15, 0.2) is 29.6 Å². The first kappa shape index (κ1) is 23.4. The summed E-state index contributed by atoms with van der Waals surface area (Å²) in [5.41, 5.74) is 3.70. The zero-order valence-corrected chi connectivity index (χ0v) is 19.6. The highest BCUT2D eigenvalue weighted by atomic mass is 32.1. The summed E-state index contributed by atoms with van der Waals surface area (Å²) >= 11 is 1.40. The second-order valence-corrected chi connectivity index (χ2v) is 8.63. The number of aryl methyl sites for hydroxylation is 2. The lowest BCUT2D eigenvalue weighted by Gasteiger charge is -2.11. The van der Waals surface area contributed by atoms with Crippen LogP contribution in [0.2, 0.25) is 0 Å². The van der Waals surface area contributed by atoms with Gasteiger partial charge in [-0.1, -0.05) is 17.7 Å². The van der Waals surface area contributed by atoms with E-state index in [2.05, 4.69) is 9.97 Å². The third-order valence-electron chi connectivity index (χ3n) is 5.02. The predicted octanol–water partition coefficient (Wildman–Crippen LogP) is 4.54. The van der Waals surface area contributed by atoms with Crippen molar-refractivity contribution in [3.05, 3.63) is 68.4 Å². The van der Waals surface area contributed by atoms with Crippen LogP contribution in [0.5, 0.6) is 5.75 Å². The van der Waals surface area contributed by atoms with Gasteiger partial charge in [-0.2, -0.15) is 0 Å². The Labute approximate surface area is 190 Å². The number of H-pyrrole nitrogens is 1. The number of aromatic nitrogens is 2. The Bertz CT molecular complexity index is 1140. The summed E-state index contributed by atoms with van der Waals surface area (Å²) in [7, 11) is 0. The Morgan fingerprint density at radius 1 is 1.12 bits per heavy atom. The molecular weight excluding hydrogens is 428 g/mol. The molecule has 8 heteroatoms. The molecule has 0 fully saturated rings. The van der Waals surface area contributed by atoms with Crippen molar-refractivity contribution in [2.75, 3.05) is 0 Å². The Morgan fingerprint density at radius 2 is 1.81 bits per heavy atom. The molecule has 2 heterocycles. The lowest BCUT2D eigenvalue weighted by atomic mass is 10.0. The third kappa shape index (κ3) is 5.50. The van der Waals surface area contributed by atoms with Crippen molar-refractivity contribution in [1.29, 1.82) is 0 Å². The number of Topliss-reactive ketones (excluding diaryl/α,β-unsaturated/α-hetero) is 2. The second kappa shape index (κ2) is 9.91. The zero-order valence-electron chi connectivity index (χ0n) is 18.8. The van der Waals surface area contributed by atoms with Crippen LogP contribution in [0.4, 0.5) is 0 Å². The number of carbonyl (C=O) groups is 3. The fraction of sp³-hybridized carbons (Fsp3) is 0.333. The topological polar surface area (TPSA) is 98.3 Å². The number of nitrogens with one attached hydrogen (secondary N) is 1. The largest absolute Gasteiger partial charge is 0.486 e. The maximum absolute atomic E-state index is 12.7. The van der Waals surface area contributed by atoms with E-state index in [0.29, 0.717) is 29.1 Å². The van der Waals surface area contributed by atoms with Gasteiger partial charge in [0.1, 0.15) is 17.4 Å². The van der Waals surface area contributed by atoms with E-state index in [9.17, 15) is 14.4 Å². The molecule has 0 spiro atoms. The van der Waals surface area contributed by atoms with Crippen molar-refractivity contribution in [3.63, 3.8) is 0 Å². The molecule has 2 aromatic heterocycles. The molecule has 0 bridgehead atoms. The molecule has 1 atom stereocenters. The fourth-order valence-corrected chi connectivity index (χ4v) is 4.15. The maximum atomic E-state index is 12.7. The van der Waals surface area contributed by atoms with E-state index in [4.69, 9.17) is 9.47 Å². The van der Waals surface area contributed by atoms with Crippen molar-refractivity contribution < 1.29 is 23.9 Å². The molecular formula is C24H26N2O5S. The number of esters is 1. The van der Waals surface area contributed by atoms with Gasteiger partial charge in [0, 0.05) is 16.6 Å². The summed E-state index contributed by atoms with van der Waals surface area (Å²) in [6.07, 6.45) is -1.03. The van der Waals surface area contributed by atoms with Gasteiger partial charge in [0.2, 0.25) is 5.78 Å². The number of thiazole rings is 1. The molecule has 0 aliphatic heterocycles. The number of ketones is 2. The van der Waals surface area contributed by atoms with Crippen LogP contribution in [-0.2, 0) is 22.6 Å². The van der Waals surface area contributed by atoms with Crippen LogP contribution in [0.1, 0.15) is 62.2 Å². The summed E-state index contributed by atoms with van der Waals surface area (Å²) in [6, 6.07) is 7.73. The van der Waals surface area contributed by atoms with Crippen molar-refractivity contribution in [2.45, 2.75) is 53.8 Å². The van der Waals surface area contributed by atoms with Crippen LogP contribution in [0.25, 0.3) is 0 Å². The van der Waals surface area contributed by atoms with Gasteiger partial charge in [-0.25, -0.2) is 4.98 Å². The third-order valence-corrected chi connectivity index (χ3v) is 5.89. The summed E-state index contributed by atoms with van der Waals surface area (Å²) in [5, 5.41) is 2.52. The molecule has 0 saturated heterocycles. The van der Waals surface area contributed by atoms with Crippen molar-refractivity contribution in [2.24, 2.45) is 0 Å². The Hall–Kier alpha value is -3.26. The number of hydrogen-bond donors (Lipinski definition) is 1. The number of carbonyl (C=O) groups excluding carboxylic acids is 3. The van der Waals surface area contributed by atoms with Gasteiger partial charge in [0.25, 0.3) is 0 Å². The van der Waals surface area contributed by atoms with Gasteiger partial charge in [-0.05, 0) is 52.3 Å². The van der Waals surface area contributed by atoms with Gasteiger partial charge < -0.3 is 14.5 Å². The summed E-state index contributed by atoms with van der Waals surface area (Å²) in [5.74, 6) is -0.292. The molecule has 7 nitrogen and oxygen atoms in total. The monoisotopic (exact) mass is 454 g/mol. The quantitative estimate of drug-likeness (QED) is 0.377. The average Bonchev–Trinajstić information content (AvgIpc) is 3.29. The Balaban J connectivity index is 1.55. The van der Waals surface area contributed by atoms with Crippen molar-refractivity contribution in [1.82, 2.24) is 9.97 Å². The first-order valence-electron chi connectivity index (χ1n) is 10.2. The second-order valence-electron chi connectivity index (χ2n) is 7.69. The van der Waals surface area contributed by atoms with Crippen LogP contribution >= 0.6 is 11.3 Å². The van der Waals surface area contributed by atoms with Crippen LogP contribution in [0, 0.1) is 20.8 Å². The summed E-state index contributed by atoms with van der Waals surface area (Å²) in [6.45, 7) is 8.73. The van der Waals surface area contributed by atoms with E-state index < -0.39 is 12.1 Å². The van der Waals surface area contributed by atoms with Crippen molar-refractivity contribution in [3.8, 4) is 5.75 Å². The number of rotatable bonds is 9. The van der Waals surface area contributed by atoms with Gasteiger partial charge >= 0.3 is 5.97 Å². The molecule has 3 aromatic rings. The lowest BCUT2D eigenvalue weighted by Crippen LogP contribution is -2.26. The molecule has 3 rings (SSSR count). The molecule has 32 heavy (non-hydrogen) atoms. The Morgan fingerprint density at radius 3 is 2.44 bits per heavy atom. The number of ether oxygens (including phenoxy) is 2. The lowest BCUT2D eigenvalue weighted by molar-refractivity contribution is -0.145. The molecule has 0 saturated carbocycles. The van der Waals surface area contributed by atoms with Crippen LogP contribution in [-0.4, -0.2) is 33.6 Å². The smallest absolute Gasteiger partial charge is 0.312 e. The van der Waals surface area contributed by atoms with Gasteiger partial charge in [0.05, 0.1) is 17.8 Å².